The maximum absolute atomic E-state index is 12.7. The van der Waals surface area contributed by atoms with E-state index in [1.807, 2.05) is 7.05 Å². The highest BCUT2D eigenvalue weighted by atomic mass is 127. The fourth-order valence-corrected chi connectivity index (χ4v) is 7.01. The van der Waals surface area contributed by atoms with Gasteiger partial charge in [0.05, 0.1) is 10.5 Å². The summed E-state index contributed by atoms with van der Waals surface area (Å²) < 4.78 is 25.0. The maximum atomic E-state index is 12.7. The maximum Gasteiger partial charge on any atom is 0.193 e. The van der Waals surface area contributed by atoms with Gasteiger partial charge in [-0.25, -0.2) is 8.42 Å². The van der Waals surface area contributed by atoms with E-state index >= 15 is 0 Å². The summed E-state index contributed by atoms with van der Waals surface area (Å²) in [5.41, 5.74) is 0.361. The van der Waals surface area contributed by atoms with Crippen LogP contribution in [0.1, 0.15) is 64.7 Å². The lowest BCUT2D eigenvalue weighted by atomic mass is 9.87. The first-order chi connectivity index (χ1) is 11.4. The zero-order chi connectivity index (χ0) is 17.3. The van der Waals surface area contributed by atoms with Crippen LogP contribution in [0.5, 0.6) is 0 Å². The molecule has 1 spiro atoms. The van der Waals surface area contributed by atoms with E-state index in [1.165, 1.54) is 32.1 Å². The Labute approximate surface area is 170 Å². The molecule has 0 aromatic carbocycles. The molecule has 2 saturated carbocycles. The summed E-state index contributed by atoms with van der Waals surface area (Å²) in [6.45, 7) is 4.48. The normalized spacial score (nSPS) is 27.8. The van der Waals surface area contributed by atoms with Crippen LogP contribution < -0.4 is 5.32 Å². The predicted octanol–water partition coefficient (Wildman–Crippen LogP) is 3.19. The van der Waals surface area contributed by atoms with Crippen molar-refractivity contribution < 1.29 is 8.42 Å². The molecule has 0 bridgehead atoms. The summed E-state index contributed by atoms with van der Waals surface area (Å²) in [5.74, 6) is 1.16. The minimum Gasteiger partial charge on any atom is -0.356 e. The molecule has 0 unspecified atom stereocenters. The van der Waals surface area contributed by atoms with Crippen LogP contribution in [0.3, 0.4) is 0 Å². The molecule has 2 aliphatic carbocycles. The van der Waals surface area contributed by atoms with Crippen molar-refractivity contribution in [2.24, 2.45) is 10.4 Å². The van der Waals surface area contributed by atoms with Crippen molar-refractivity contribution in [1.82, 2.24) is 10.2 Å². The third-order valence-electron chi connectivity index (χ3n) is 6.53. The summed E-state index contributed by atoms with van der Waals surface area (Å²) in [6, 6.07) is 0. The number of hydrogen-bond acceptors (Lipinski definition) is 3. The molecule has 3 aliphatic rings. The molecular weight excluding hydrogens is 449 g/mol. The fourth-order valence-electron chi connectivity index (χ4n) is 4.85. The molecular formula is C18H34IN3O2S. The minimum absolute atomic E-state index is 0. The number of aliphatic imine (C=N–C) groups is 1. The van der Waals surface area contributed by atoms with Gasteiger partial charge in [-0.05, 0) is 31.1 Å². The Kier molecular flexibility index (Phi) is 7.07. The first-order valence-corrected chi connectivity index (χ1v) is 11.2. The van der Waals surface area contributed by atoms with E-state index in [0.29, 0.717) is 18.5 Å². The molecule has 0 amide bonds. The Bertz CT molecular complexity index is 579. The van der Waals surface area contributed by atoms with E-state index in [4.69, 9.17) is 0 Å². The Hall–Kier alpha value is -0.0500. The molecule has 5 nitrogen and oxygen atoms in total. The van der Waals surface area contributed by atoms with E-state index in [1.54, 1.807) is 0 Å². The monoisotopic (exact) mass is 483 g/mol. The van der Waals surface area contributed by atoms with Gasteiger partial charge in [0.25, 0.3) is 0 Å². The van der Waals surface area contributed by atoms with Gasteiger partial charge in [-0.1, -0.05) is 39.0 Å². The van der Waals surface area contributed by atoms with E-state index < -0.39 is 14.6 Å². The number of nitrogens with zero attached hydrogens (tertiary/aromatic N) is 2. The van der Waals surface area contributed by atoms with Gasteiger partial charge in [0.1, 0.15) is 0 Å². The van der Waals surface area contributed by atoms with Crippen LogP contribution in [0.2, 0.25) is 0 Å². The molecule has 1 heterocycles. The van der Waals surface area contributed by atoms with Crippen LogP contribution in [0, 0.1) is 5.41 Å². The molecule has 1 saturated heterocycles. The van der Waals surface area contributed by atoms with Gasteiger partial charge in [0, 0.05) is 26.7 Å². The van der Waals surface area contributed by atoms with Crippen LogP contribution in [0.4, 0.5) is 0 Å². The number of hydrogen-bond donors (Lipinski definition) is 1. The molecule has 146 valence electrons. The number of nitrogens with one attached hydrogen (secondary N) is 1. The predicted molar refractivity (Wildman–Crippen MR) is 115 cm³/mol. The second kappa shape index (κ2) is 8.31. The van der Waals surface area contributed by atoms with Gasteiger partial charge in [-0.2, -0.15) is 0 Å². The average Bonchev–Trinajstić information content (AvgIpc) is 2.99. The second-order valence-electron chi connectivity index (χ2n) is 8.40. The van der Waals surface area contributed by atoms with E-state index in [0.717, 1.165) is 38.2 Å². The van der Waals surface area contributed by atoms with E-state index in [9.17, 15) is 8.42 Å². The first-order valence-electron chi connectivity index (χ1n) is 9.58. The lowest BCUT2D eigenvalue weighted by Gasteiger charge is -2.45. The standard InChI is InChI=1S/C18H33N3O2S.HI/c1-17(8-6-7-9-17)14-20-16(19-2)21-12-13-24(22,23)18(15-21)10-4-3-5-11-18;/h3-15H2,1-2H3,(H,19,20);1H. The van der Waals surface area contributed by atoms with Crippen molar-refractivity contribution in [3.05, 3.63) is 0 Å². The van der Waals surface area contributed by atoms with Crippen LogP contribution in [0.15, 0.2) is 4.99 Å². The van der Waals surface area contributed by atoms with Crippen molar-refractivity contribution in [3.8, 4) is 0 Å². The highest BCUT2D eigenvalue weighted by Crippen LogP contribution is 2.39. The number of halogens is 1. The molecule has 0 aromatic heterocycles. The number of rotatable bonds is 2. The van der Waals surface area contributed by atoms with Crippen LogP contribution in [-0.4, -0.2) is 56.5 Å². The van der Waals surface area contributed by atoms with Gasteiger partial charge >= 0.3 is 0 Å². The summed E-state index contributed by atoms with van der Waals surface area (Å²) in [6.07, 6.45) is 10.1. The molecule has 25 heavy (non-hydrogen) atoms. The topological polar surface area (TPSA) is 61.8 Å². The quantitative estimate of drug-likeness (QED) is 0.372. The lowest BCUT2D eigenvalue weighted by molar-refractivity contribution is 0.267. The van der Waals surface area contributed by atoms with Gasteiger partial charge in [-0.15, -0.1) is 24.0 Å². The molecule has 3 rings (SSSR count). The summed E-state index contributed by atoms with van der Waals surface area (Å²) >= 11 is 0. The second-order valence-corrected chi connectivity index (χ2v) is 10.9. The van der Waals surface area contributed by atoms with Crippen molar-refractivity contribution in [3.63, 3.8) is 0 Å². The third kappa shape index (κ3) is 4.45. The molecule has 7 heteroatoms. The zero-order valence-electron chi connectivity index (χ0n) is 15.7. The first kappa shape index (κ1) is 21.3. The van der Waals surface area contributed by atoms with Crippen molar-refractivity contribution in [1.29, 1.82) is 0 Å². The van der Waals surface area contributed by atoms with Gasteiger partial charge < -0.3 is 10.2 Å². The van der Waals surface area contributed by atoms with Gasteiger partial charge in [-0.3, -0.25) is 4.99 Å². The van der Waals surface area contributed by atoms with Crippen LogP contribution in [-0.2, 0) is 9.84 Å². The van der Waals surface area contributed by atoms with Crippen molar-refractivity contribution >= 4 is 39.8 Å². The summed E-state index contributed by atoms with van der Waals surface area (Å²) in [4.78, 5) is 6.67. The smallest absolute Gasteiger partial charge is 0.193 e. The SMILES string of the molecule is CN=C(NCC1(C)CCCC1)N1CCS(=O)(=O)C2(CCCCC2)C1.I. The third-order valence-corrected chi connectivity index (χ3v) is 9.11. The molecule has 0 atom stereocenters. The van der Waals surface area contributed by atoms with Crippen molar-refractivity contribution in [2.75, 3.05) is 32.4 Å². The van der Waals surface area contributed by atoms with E-state index in [-0.39, 0.29) is 29.7 Å². The average molecular weight is 483 g/mol. The molecule has 1 N–H and O–H groups in total. The molecule has 0 aromatic rings. The fraction of sp³-hybridized carbons (Fsp3) is 0.944. The largest absolute Gasteiger partial charge is 0.356 e. The molecule has 0 radical (unpaired) electrons. The molecule has 3 fully saturated rings. The number of sulfone groups is 1. The van der Waals surface area contributed by atoms with E-state index in [2.05, 4.69) is 22.1 Å². The van der Waals surface area contributed by atoms with Gasteiger partial charge in [0.2, 0.25) is 0 Å². The van der Waals surface area contributed by atoms with Crippen LogP contribution >= 0.6 is 24.0 Å². The number of guanidine groups is 1. The Morgan fingerprint density at radius 2 is 1.68 bits per heavy atom. The highest BCUT2D eigenvalue weighted by molar-refractivity contribution is 14.0. The zero-order valence-corrected chi connectivity index (χ0v) is 18.9. The lowest BCUT2D eigenvalue weighted by Crippen LogP contribution is -2.60. The molecule has 1 aliphatic heterocycles. The summed E-state index contributed by atoms with van der Waals surface area (Å²) in [7, 11) is -1.17. The Morgan fingerprint density at radius 1 is 1.08 bits per heavy atom. The van der Waals surface area contributed by atoms with Gasteiger partial charge in [0.15, 0.2) is 15.8 Å². The highest BCUT2D eigenvalue weighted by Gasteiger charge is 2.48. The Balaban J connectivity index is 0.00000225. The summed E-state index contributed by atoms with van der Waals surface area (Å²) in [5, 5.41) is 3.55. The van der Waals surface area contributed by atoms with Crippen LogP contribution in [0.25, 0.3) is 0 Å². The minimum atomic E-state index is -2.99. The van der Waals surface area contributed by atoms with Crippen molar-refractivity contribution in [2.45, 2.75) is 69.5 Å². The Morgan fingerprint density at radius 3 is 2.28 bits per heavy atom.